The van der Waals surface area contributed by atoms with E-state index in [1.807, 2.05) is 43.3 Å². The molecule has 20 heavy (non-hydrogen) atoms. The maximum atomic E-state index is 6.15. The Hall–Kier alpha value is -0.740. The van der Waals surface area contributed by atoms with Gasteiger partial charge in [-0.25, -0.2) is 0 Å². The number of benzene rings is 2. The lowest BCUT2D eigenvalue weighted by atomic mass is 10.0. The van der Waals surface area contributed by atoms with Gasteiger partial charge in [-0.3, -0.25) is 0 Å². The van der Waals surface area contributed by atoms with Crippen molar-refractivity contribution in [3.63, 3.8) is 0 Å². The molecule has 2 unspecified atom stereocenters. The van der Waals surface area contributed by atoms with Crippen LogP contribution >= 0.6 is 39.1 Å². The van der Waals surface area contributed by atoms with Crippen LogP contribution < -0.4 is 10.5 Å². The van der Waals surface area contributed by atoms with Gasteiger partial charge in [0, 0.05) is 15.5 Å². The highest BCUT2D eigenvalue weighted by Gasteiger charge is 2.19. The van der Waals surface area contributed by atoms with Crippen LogP contribution in [0.5, 0.6) is 5.75 Å². The van der Waals surface area contributed by atoms with E-state index in [0.717, 1.165) is 10.0 Å². The van der Waals surface area contributed by atoms with Crippen LogP contribution in [0.15, 0.2) is 46.9 Å². The summed E-state index contributed by atoms with van der Waals surface area (Å²) in [4.78, 5) is 0. The van der Waals surface area contributed by atoms with Crippen molar-refractivity contribution in [2.45, 2.75) is 19.1 Å². The van der Waals surface area contributed by atoms with E-state index in [1.165, 1.54) is 0 Å². The molecule has 0 aliphatic heterocycles. The van der Waals surface area contributed by atoms with E-state index in [0.29, 0.717) is 15.8 Å². The standard InChI is InChI=1S/C15H14BrCl2NO/c1-9(19)15(10-2-5-12(17)6-3-10)20-14-8-11(16)4-7-13(14)18/h2-9,15H,19H2,1H3. The first-order chi connectivity index (χ1) is 9.47. The van der Waals surface area contributed by atoms with Gasteiger partial charge < -0.3 is 10.5 Å². The van der Waals surface area contributed by atoms with Crippen molar-refractivity contribution in [3.8, 4) is 5.75 Å². The molecule has 0 aromatic heterocycles. The van der Waals surface area contributed by atoms with E-state index in [4.69, 9.17) is 33.7 Å². The van der Waals surface area contributed by atoms with E-state index in [1.54, 1.807) is 6.07 Å². The van der Waals surface area contributed by atoms with Gasteiger partial charge in [-0.1, -0.05) is 51.3 Å². The van der Waals surface area contributed by atoms with Gasteiger partial charge in [0.2, 0.25) is 0 Å². The second-order valence-corrected chi connectivity index (χ2v) is 6.28. The fraction of sp³-hybridized carbons (Fsp3) is 0.200. The maximum absolute atomic E-state index is 6.15. The molecule has 106 valence electrons. The van der Waals surface area contributed by atoms with Gasteiger partial charge in [0.05, 0.1) is 5.02 Å². The summed E-state index contributed by atoms with van der Waals surface area (Å²) in [7, 11) is 0. The Bertz CT molecular complexity index is 587. The molecule has 0 aliphatic rings. The van der Waals surface area contributed by atoms with Gasteiger partial charge in [0.25, 0.3) is 0 Å². The SMILES string of the molecule is CC(N)C(Oc1cc(Br)ccc1Cl)c1ccc(Cl)cc1. The van der Waals surface area contributed by atoms with Gasteiger partial charge in [0.1, 0.15) is 11.9 Å². The third kappa shape index (κ3) is 3.89. The van der Waals surface area contributed by atoms with Crippen molar-refractivity contribution in [1.29, 1.82) is 0 Å². The summed E-state index contributed by atoms with van der Waals surface area (Å²) in [5.74, 6) is 0.596. The summed E-state index contributed by atoms with van der Waals surface area (Å²) in [6.45, 7) is 1.89. The van der Waals surface area contributed by atoms with E-state index >= 15 is 0 Å². The largest absolute Gasteiger partial charge is 0.483 e. The lowest BCUT2D eigenvalue weighted by Crippen LogP contribution is -2.29. The quantitative estimate of drug-likeness (QED) is 0.795. The lowest BCUT2D eigenvalue weighted by molar-refractivity contribution is 0.180. The van der Waals surface area contributed by atoms with Crippen LogP contribution in [0.2, 0.25) is 10.0 Å². The molecule has 0 saturated carbocycles. The minimum absolute atomic E-state index is 0.189. The lowest BCUT2D eigenvalue weighted by Gasteiger charge is -2.23. The minimum Gasteiger partial charge on any atom is -0.483 e. The number of halogens is 3. The summed E-state index contributed by atoms with van der Waals surface area (Å²) in [5.41, 5.74) is 6.99. The molecule has 0 saturated heterocycles. The number of rotatable bonds is 4. The van der Waals surface area contributed by atoms with Gasteiger partial charge in [-0.2, -0.15) is 0 Å². The van der Waals surface area contributed by atoms with E-state index in [-0.39, 0.29) is 12.1 Å². The van der Waals surface area contributed by atoms with Crippen molar-refractivity contribution < 1.29 is 4.74 Å². The number of hydrogen-bond donors (Lipinski definition) is 1. The van der Waals surface area contributed by atoms with Gasteiger partial charge >= 0.3 is 0 Å². The Morgan fingerprint density at radius 2 is 1.75 bits per heavy atom. The average molecular weight is 375 g/mol. The molecule has 2 atom stereocenters. The number of hydrogen-bond acceptors (Lipinski definition) is 2. The molecule has 0 heterocycles. The molecular formula is C15H14BrCl2NO. The predicted octanol–water partition coefficient (Wildman–Crippen LogP) is 5.22. The predicted molar refractivity (Wildman–Crippen MR) is 87.6 cm³/mol. The van der Waals surface area contributed by atoms with Gasteiger partial charge in [-0.15, -0.1) is 0 Å². The third-order valence-electron chi connectivity index (χ3n) is 2.82. The highest BCUT2D eigenvalue weighted by atomic mass is 79.9. The molecular weight excluding hydrogens is 361 g/mol. The zero-order chi connectivity index (χ0) is 14.7. The van der Waals surface area contributed by atoms with E-state index in [2.05, 4.69) is 15.9 Å². The Kier molecular flexibility index (Phi) is 5.33. The van der Waals surface area contributed by atoms with Crippen LogP contribution in [-0.2, 0) is 0 Å². The molecule has 0 spiro atoms. The van der Waals surface area contributed by atoms with Crippen molar-refractivity contribution >= 4 is 39.1 Å². The highest BCUT2D eigenvalue weighted by Crippen LogP contribution is 2.33. The first-order valence-corrected chi connectivity index (χ1v) is 7.65. The van der Waals surface area contributed by atoms with Crippen LogP contribution in [0.25, 0.3) is 0 Å². The molecule has 2 N–H and O–H groups in total. The molecule has 2 nitrogen and oxygen atoms in total. The third-order valence-corrected chi connectivity index (χ3v) is 3.88. The van der Waals surface area contributed by atoms with Crippen LogP contribution in [-0.4, -0.2) is 6.04 Å². The number of nitrogens with two attached hydrogens (primary N) is 1. The van der Waals surface area contributed by atoms with E-state index < -0.39 is 0 Å². The minimum atomic E-state index is -0.293. The monoisotopic (exact) mass is 373 g/mol. The normalized spacial score (nSPS) is 13.8. The molecule has 0 bridgehead atoms. The Morgan fingerprint density at radius 1 is 1.10 bits per heavy atom. The Balaban J connectivity index is 2.30. The zero-order valence-electron chi connectivity index (χ0n) is 10.8. The summed E-state index contributed by atoms with van der Waals surface area (Å²) >= 11 is 15.5. The maximum Gasteiger partial charge on any atom is 0.140 e. The average Bonchev–Trinajstić information content (AvgIpc) is 2.40. The van der Waals surface area contributed by atoms with Crippen LogP contribution in [0.1, 0.15) is 18.6 Å². The molecule has 0 aliphatic carbocycles. The van der Waals surface area contributed by atoms with E-state index in [9.17, 15) is 0 Å². The molecule has 0 fully saturated rings. The first-order valence-electron chi connectivity index (χ1n) is 6.10. The van der Waals surface area contributed by atoms with Crippen LogP contribution in [0.4, 0.5) is 0 Å². The number of ether oxygens (including phenoxy) is 1. The fourth-order valence-electron chi connectivity index (χ4n) is 1.84. The zero-order valence-corrected chi connectivity index (χ0v) is 13.9. The van der Waals surface area contributed by atoms with Gasteiger partial charge in [-0.05, 0) is 42.8 Å². The summed E-state index contributed by atoms with van der Waals surface area (Å²) in [6, 6.07) is 12.7. The highest BCUT2D eigenvalue weighted by molar-refractivity contribution is 9.10. The van der Waals surface area contributed by atoms with Crippen molar-refractivity contribution in [1.82, 2.24) is 0 Å². The van der Waals surface area contributed by atoms with Crippen molar-refractivity contribution in [3.05, 3.63) is 62.5 Å². The molecule has 5 heteroatoms. The van der Waals surface area contributed by atoms with Crippen molar-refractivity contribution in [2.75, 3.05) is 0 Å². The van der Waals surface area contributed by atoms with Gasteiger partial charge in [0.15, 0.2) is 0 Å². The molecule has 2 aromatic rings. The molecule has 0 radical (unpaired) electrons. The first kappa shape index (κ1) is 15.6. The fourth-order valence-corrected chi connectivity index (χ4v) is 2.46. The topological polar surface area (TPSA) is 35.2 Å². The summed E-state index contributed by atoms with van der Waals surface area (Å²) < 4.78 is 6.88. The van der Waals surface area contributed by atoms with Crippen LogP contribution in [0, 0.1) is 0 Å². The Labute approximate surface area is 137 Å². The molecule has 0 amide bonds. The smallest absolute Gasteiger partial charge is 0.140 e. The van der Waals surface area contributed by atoms with Crippen molar-refractivity contribution in [2.24, 2.45) is 5.73 Å². The summed E-state index contributed by atoms with van der Waals surface area (Å²) in [6.07, 6.45) is -0.293. The Morgan fingerprint density at radius 3 is 2.35 bits per heavy atom. The molecule has 2 rings (SSSR count). The second kappa shape index (κ2) is 6.81. The summed E-state index contributed by atoms with van der Waals surface area (Å²) in [5, 5.41) is 1.23. The van der Waals surface area contributed by atoms with Crippen LogP contribution in [0.3, 0.4) is 0 Å². The second-order valence-electron chi connectivity index (χ2n) is 4.52. The molecule has 2 aromatic carbocycles.